The zero-order valence-corrected chi connectivity index (χ0v) is 11.0. The quantitative estimate of drug-likeness (QED) is 0.693. The van der Waals surface area contributed by atoms with Gasteiger partial charge in [-0.2, -0.15) is 0 Å². The molecule has 0 radical (unpaired) electrons. The third-order valence-corrected chi connectivity index (χ3v) is 3.17. The largest absolute Gasteiger partial charge is 0.320 e. The van der Waals surface area contributed by atoms with Gasteiger partial charge in [-0.15, -0.1) is 0 Å². The van der Waals surface area contributed by atoms with Gasteiger partial charge in [0, 0.05) is 0 Å². The highest BCUT2D eigenvalue weighted by molar-refractivity contribution is 5.32. The SMILES string of the molecule is CCc1ccc(CCCCNC)cc1CC. The van der Waals surface area contributed by atoms with Gasteiger partial charge in [0.25, 0.3) is 0 Å². The van der Waals surface area contributed by atoms with Crippen LogP contribution < -0.4 is 5.32 Å². The first-order chi connectivity index (χ1) is 7.81. The summed E-state index contributed by atoms with van der Waals surface area (Å²) < 4.78 is 0. The first-order valence-electron chi connectivity index (χ1n) is 6.57. The number of nitrogens with one attached hydrogen (secondary N) is 1. The predicted molar refractivity (Wildman–Crippen MR) is 72.1 cm³/mol. The van der Waals surface area contributed by atoms with Gasteiger partial charge in [0.2, 0.25) is 0 Å². The van der Waals surface area contributed by atoms with Crippen molar-refractivity contribution < 1.29 is 0 Å². The van der Waals surface area contributed by atoms with Crippen LogP contribution in [0.25, 0.3) is 0 Å². The molecule has 0 aliphatic rings. The van der Waals surface area contributed by atoms with Crippen LogP contribution in [-0.2, 0) is 19.3 Å². The van der Waals surface area contributed by atoms with E-state index in [0.717, 1.165) is 19.4 Å². The highest BCUT2D eigenvalue weighted by Gasteiger charge is 2.00. The Morgan fingerprint density at radius 3 is 2.38 bits per heavy atom. The van der Waals surface area contributed by atoms with E-state index in [1.165, 1.54) is 36.0 Å². The van der Waals surface area contributed by atoms with Crippen LogP contribution in [0.1, 0.15) is 43.4 Å². The van der Waals surface area contributed by atoms with E-state index in [4.69, 9.17) is 0 Å². The molecule has 0 saturated carbocycles. The molecule has 0 atom stereocenters. The Balaban J connectivity index is 2.54. The molecule has 16 heavy (non-hydrogen) atoms. The van der Waals surface area contributed by atoms with E-state index in [9.17, 15) is 0 Å². The Morgan fingerprint density at radius 2 is 1.75 bits per heavy atom. The van der Waals surface area contributed by atoms with E-state index >= 15 is 0 Å². The van der Waals surface area contributed by atoms with Gasteiger partial charge in [-0.1, -0.05) is 32.0 Å². The summed E-state index contributed by atoms with van der Waals surface area (Å²) in [5.74, 6) is 0. The maximum Gasteiger partial charge on any atom is -0.00518 e. The minimum Gasteiger partial charge on any atom is -0.320 e. The van der Waals surface area contributed by atoms with Crippen molar-refractivity contribution in [2.45, 2.75) is 46.0 Å². The first kappa shape index (κ1) is 13.2. The monoisotopic (exact) mass is 219 g/mol. The van der Waals surface area contributed by atoms with E-state index in [1.807, 2.05) is 7.05 Å². The number of hydrogen-bond donors (Lipinski definition) is 1. The van der Waals surface area contributed by atoms with Crippen molar-refractivity contribution in [3.63, 3.8) is 0 Å². The maximum atomic E-state index is 3.19. The molecule has 1 N–H and O–H groups in total. The van der Waals surface area contributed by atoms with Crippen LogP contribution >= 0.6 is 0 Å². The fraction of sp³-hybridized carbons (Fsp3) is 0.600. The Kier molecular flexibility index (Phi) is 6.17. The van der Waals surface area contributed by atoms with Crippen LogP contribution in [-0.4, -0.2) is 13.6 Å². The van der Waals surface area contributed by atoms with Crippen molar-refractivity contribution in [1.82, 2.24) is 5.32 Å². The summed E-state index contributed by atoms with van der Waals surface area (Å²) in [6.07, 6.45) is 6.10. The average Bonchev–Trinajstić information content (AvgIpc) is 2.34. The number of benzene rings is 1. The molecule has 1 rings (SSSR count). The molecule has 1 aromatic carbocycles. The Labute approximate surface area is 100 Å². The third-order valence-electron chi connectivity index (χ3n) is 3.17. The van der Waals surface area contributed by atoms with Gasteiger partial charge >= 0.3 is 0 Å². The molecule has 90 valence electrons. The van der Waals surface area contributed by atoms with Crippen molar-refractivity contribution in [2.24, 2.45) is 0 Å². The lowest BCUT2D eigenvalue weighted by molar-refractivity contribution is 0.677. The fourth-order valence-corrected chi connectivity index (χ4v) is 2.14. The lowest BCUT2D eigenvalue weighted by Gasteiger charge is -2.09. The Morgan fingerprint density at radius 1 is 1.00 bits per heavy atom. The summed E-state index contributed by atoms with van der Waals surface area (Å²) in [4.78, 5) is 0. The van der Waals surface area contributed by atoms with Crippen molar-refractivity contribution in [3.8, 4) is 0 Å². The minimum atomic E-state index is 1.13. The topological polar surface area (TPSA) is 12.0 Å². The van der Waals surface area contributed by atoms with Crippen LogP contribution in [0.3, 0.4) is 0 Å². The first-order valence-corrected chi connectivity index (χ1v) is 6.57. The molecule has 1 heteroatoms. The fourth-order valence-electron chi connectivity index (χ4n) is 2.14. The third kappa shape index (κ3) is 3.97. The minimum absolute atomic E-state index is 1.13. The summed E-state index contributed by atoms with van der Waals surface area (Å²) in [5, 5.41) is 3.19. The lowest BCUT2D eigenvalue weighted by atomic mass is 9.98. The number of rotatable bonds is 7. The lowest BCUT2D eigenvalue weighted by Crippen LogP contribution is -2.07. The second kappa shape index (κ2) is 7.45. The molecule has 0 aliphatic heterocycles. The molecular weight excluding hydrogens is 194 g/mol. The number of unbranched alkanes of at least 4 members (excludes halogenated alkanes) is 1. The molecule has 0 unspecified atom stereocenters. The van der Waals surface area contributed by atoms with Gasteiger partial charge < -0.3 is 5.32 Å². The van der Waals surface area contributed by atoms with Gasteiger partial charge in [0.15, 0.2) is 0 Å². The van der Waals surface area contributed by atoms with Gasteiger partial charge in [0.05, 0.1) is 0 Å². The standard InChI is InChI=1S/C15H25N/c1-4-14-10-9-13(12-15(14)5-2)8-6-7-11-16-3/h9-10,12,16H,4-8,11H2,1-3H3. The predicted octanol–water partition coefficient (Wildman–Crippen LogP) is 3.35. The second-order valence-electron chi connectivity index (χ2n) is 4.37. The van der Waals surface area contributed by atoms with Gasteiger partial charge in [-0.05, 0) is 62.4 Å². The van der Waals surface area contributed by atoms with Crippen LogP contribution in [0.2, 0.25) is 0 Å². The van der Waals surface area contributed by atoms with Crippen molar-refractivity contribution in [3.05, 3.63) is 34.9 Å². The van der Waals surface area contributed by atoms with E-state index in [1.54, 1.807) is 0 Å². The number of hydrogen-bond acceptors (Lipinski definition) is 1. The van der Waals surface area contributed by atoms with E-state index in [-0.39, 0.29) is 0 Å². The molecular formula is C15H25N. The highest BCUT2D eigenvalue weighted by Crippen LogP contribution is 2.15. The van der Waals surface area contributed by atoms with E-state index < -0.39 is 0 Å². The van der Waals surface area contributed by atoms with Crippen LogP contribution in [0.15, 0.2) is 18.2 Å². The normalized spacial score (nSPS) is 10.7. The highest BCUT2D eigenvalue weighted by atomic mass is 14.8. The summed E-state index contributed by atoms with van der Waals surface area (Å²) in [6.45, 7) is 5.62. The van der Waals surface area contributed by atoms with Crippen molar-refractivity contribution in [2.75, 3.05) is 13.6 Å². The van der Waals surface area contributed by atoms with Crippen LogP contribution in [0, 0.1) is 0 Å². The molecule has 0 fully saturated rings. The molecule has 0 amide bonds. The Hall–Kier alpha value is -0.820. The van der Waals surface area contributed by atoms with Gasteiger partial charge in [0.1, 0.15) is 0 Å². The van der Waals surface area contributed by atoms with Gasteiger partial charge in [-0.25, -0.2) is 0 Å². The second-order valence-corrected chi connectivity index (χ2v) is 4.37. The summed E-state index contributed by atoms with van der Waals surface area (Å²) in [7, 11) is 2.02. The maximum absolute atomic E-state index is 3.19. The van der Waals surface area contributed by atoms with Crippen LogP contribution in [0.5, 0.6) is 0 Å². The molecule has 0 bridgehead atoms. The zero-order chi connectivity index (χ0) is 11.8. The van der Waals surface area contributed by atoms with Crippen molar-refractivity contribution >= 4 is 0 Å². The average molecular weight is 219 g/mol. The molecule has 0 heterocycles. The zero-order valence-electron chi connectivity index (χ0n) is 11.0. The molecule has 0 aromatic heterocycles. The number of aryl methyl sites for hydroxylation is 3. The summed E-state index contributed by atoms with van der Waals surface area (Å²) >= 11 is 0. The molecule has 1 nitrogen and oxygen atoms in total. The van der Waals surface area contributed by atoms with E-state index in [2.05, 4.69) is 37.4 Å². The Bertz CT molecular complexity index is 304. The van der Waals surface area contributed by atoms with E-state index in [0.29, 0.717) is 0 Å². The molecule has 1 aromatic rings. The smallest absolute Gasteiger partial charge is 0.00518 e. The molecule has 0 saturated heterocycles. The summed E-state index contributed by atoms with van der Waals surface area (Å²) in [5.41, 5.74) is 4.56. The van der Waals surface area contributed by atoms with Gasteiger partial charge in [-0.3, -0.25) is 0 Å². The van der Waals surface area contributed by atoms with Crippen molar-refractivity contribution in [1.29, 1.82) is 0 Å². The van der Waals surface area contributed by atoms with Crippen LogP contribution in [0.4, 0.5) is 0 Å². The molecule has 0 spiro atoms. The summed E-state index contributed by atoms with van der Waals surface area (Å²) in [6, 6.07) is 7.02. The molecule has 0 aliphatic carbocycles.